The fraction of sp³-hybridized carbons (Fsp3) is 0.667. The Morgan fingerprint density at radius 2 is 2.04 bits per heavy atom. The molecule has 3 aliphatic rings. The summed E-state index contributed by atoms with van der Waals surface area (Å²) in [5.41, 5.74) is 3.90. The lowest BCUT2D eigenvalue weighted by atomic mass is 9.74. The third-order valence-corrected chi connectivity index (χ3v) is 6.59. The van der Waals surface area contributed by atoms with Crippen LogP contribution in [0.5, 0.6) is 0 Å². The minimum atomic E-state index is -0.124. The van der Waals surface area contributed by atoms with E-state index in [2.05, 4.69) is 41.8 Å². The summed E-state index contributed by atoms with van der Waals surface area (Å²) in [5, 5.41) is 10.2. The molecule has 25 heavy (non-hydrogen) atoms. The van der Waals surface area contributed by atoms with Crippen LogP contribution < -0.4 is 0 Å². The highest BCUT2D eigenvalue weighted by atomic mass is 16.3. The van der Waals surface area contributed by atoms with E-state index in [0.717, 1.165) is 52.0 Å². The Hall–Kier alpha value is -1.39. The molecule has 1 aromatic rings. The molecule has 1 saturated carbocycles. The van der Waals surface area contributed by atoms with Gasteiger partial charge in [-0.3, -0.25) is 9.69 Å². The number of aliphatic hydroxyl groups excluding tert-OH is 1. The fourth-order valence-electron chi connectivity index (χ4n) is 4.86. The number of piperidine rings is 1. The van der Waals surface area contributed by atoms with E-state index in [1.54, 1.807) is 0 Å². The maximum atomic E-state index is 12.5. The number of benzene rings is 1. The summed E-state index contributed by atoms with van der Waals surface area (Å²) >= 11 is 0. The quantitative estimate of drug-likeness (QED) is 0.913. The van der Waals surface area contributed by atoms with Gasteiger partial charge >= 0.3 is 0 Å². The van der Waals surface area contributed by atoms with Crippen molar-refractivity contribution in [1.82, 2.24) is 9.80 Å². The Labute approximate surface area is 150 Å². The lowest BCUT2D eigenvalue weighted by molar-refractivity contribution is -0.132. The van der Waals surface area contributed by atoms with E-state index in [9.17, 15) is 9.90 Å². The summed E-state index contributed by atoms with van der Waals surface area (Å²) in [4.78, 5) is 17.0. The van der Waals surface area contributed by atoms with E-state index in [-0.39, 0.29) is 17.9 Å². The van der Waals surface area contributed by atoms with Gasteiger partial charge < -0.3 is 10.0 Å². The summed E-state index contributed by atoms with van der Waals surface area (Å²) in [6.45, 7) is 9.00. The van der Waals surface area contributed by atoms with E-state index >= 15 is 0 Å². The lowest BCUT2D eigenvalue weighted by Crippen LogP contribution is -2.50. The average molecular weight is 342 g/mol. The van der Waals surface area contributed by atoms with Crippen LogP contribution in [0.1, 0.15) is 36.0 Å². The Morgan fingerprint density at radius 3 is 2.72 bits per heavy atom. The first kappa shape index (κ1) is 17.0. The van der Waals surface area contributed by atoms with Crippen LogP contribution >= 0.6 is 0 Å². The molecule has 2 saturated heterocycles. The van der Waals surface area contributed by atoms with E-state index in [0.29, 0.717) is 11.8 Å². The van der Waals surface area contributed by atoms with Crippen molar-refractivity contribution in [2.45, 2.75) is 39.7 Å². The van der Waals surface area contributed by atoms with Crippen LogP contribution in [0.15, 0.2) is 18.2 Å². The second-order valence-corrected chi connectivity index (χ2v) is 8.64. The van der Waals surface area contributed by atoms with Crippen LogP contribution in [0.4, 0.5) is 0 Å². The van der Waals surface area contributed by atoms with Gasteiger partial charge in [0, 0.05) is 37.5 Å². The number of aryl methyl sites for hydroxylation is 2. The number of carbonyl (C=O) groups is 1. The smallest absolute Gasteiger partial charge is 0.225 e. The first-order valence-corrected chi connectivity index (χ1v) is 9.69. The molecule has 136 valence electrons. The van der Waals surface area contributed by atoms with E-state index in [4.69, 9.17) is 0 Å². The number of likely N-dealkylation sites (tertiary alicyclic amines) is 2. The highest BCUT2D eigenvalue weighted by molar-refractivity contribution is 5.81. The van der Waals surface area contributed by atoms with E-state index in [1.807, 2.05) is 0 Å². The molecular weight excluding hydrogens is 312 g/mol. The zero-order valence-electron chi connectivity index (χ0n) is 15.5. The van der Waals surface area contributed by atoms with Crippen molar-refractivity contribution >= 4 is 5.91 Å². The molecule has 2 atom stereocenters. The van der Waals surface area contributed by atoms with Gasteiger partial charge in [-0.05, 0) is 56.7 Å². The number of nitrogens with zero attached hydrogens (tertiary/aromatic N) is 2. The Bertz CT molecular complexity index is 670. The van der Waals surface area contributed by atoms with Crippen LogP contribution in [0, 0.1) is 31.1 Å². The Morgan fingerprint density at radius 1 is 1.24 bits per heavy atom. The number of amides is 1. The lowest BCUT2D eigenvalue weighted by Gasteiger charge is -2.43. The molecule has 3 fully saturated rings. The minimum Gasteiger partial charge on any atom is -0.396 e. The van der Waals surface area contributed by atoms with Crippen molar-refractivity contribution in [3.05, 3.63) is 34.9 Å². The molecule has 2 aliphatic heterocycles. The van der Waals surface area contributed by atoms with Crippen LogP contribution in [0.2, 0.25) is 0 Å². The number of carbonyl (C=O) groups excluding carboxylic acids is 1. The van der Waals surface area contributed by atoms with Gasteiger partial charge in [0.05, 0.1) is 6.61 Å². The third kappa shape index (κ3) is 3.22. The van der Waals surface area contributed by atoms with Gasteiger partial charge in [0.2, 0.25) is 5.91 Å². The Balaban J connectivity index is 1.47. The predicted octanol–water partition coefficient (Wildman–Crippen LogP) is 2.36. The largest absolute Gasteiger partial charge is 0.396 e. The molecule has 4 heteroatoms. The van der Waals surface area contributed by atoms with Gasteiger partial charge in [0.1, 0.15) is 0 Å². The molecule has 0 unspecified atom stereocenters. The second kappa shape index (κ2) is 6.40. The molecule has 1 amide bonds. The van der Waals surface area contributed by atoms with Gasteiger partial charge in [0.15, 0.2) is 0 Å². The molecule has 4 rings (SSSR count). The van der Waals surface area contributed by atoms with Gasteiger partial charge in [0.25, 0.3) is 0 Å². The topological polar surface area (TPSA) is 43.8 Å². The van der Waals surface area contributed by atoms with Crippen LogP contribution in [0.3, 0.4) is 0 Å². The van der Waals surface area contributed by atoms with Crippen molar-refractivity contribution in [2.24, 2.45) is 17.3 Å². The molecule has 4 nitrogen and oxygen atoms in total. The summed E-state index contributed by atoms with van der Waals surface area (Å²) in [6, 6.07) is 6.66. The number of fused-ring (bicyclic) bond motifs is 1. The van der Waals surface area contributed by atoms with Crippen LogP contribution in [-0.4, -0.2) is 53.6 Å². The summed E-state index contributed by atoms with van der Waals surface area (Å²) in [6.07, 6.45) is 3.20. The summed E-state index contributed by atoms with van der Waals surface area (Å²) in [7, 11) is 0. The van der Waals surface area contributed by atoms with Crippen LogP contribution in [-0.2, 0) is 11.3 Å². The molecule has 0 aromatic heterocycles. The first-order valence-electron chi connectivity index (χ1n) is 9.69. The molecule has 1 aliphatic carbocycles. The van der Waals surface area contributed by atoms with Crippen molar-refractivity contribution in [3.8, 4) is 0 Å². The van der Waals surface area contributed by atoms with Crippen molar-refractivity contribution < 1.29 is 9.90 Å². The van der Waals surface area contributed by atoms with Crippen molar-refractivity contribution in [2.75, 3.05) is 32.8 Å². The van der Waals surface area contributed by atoms with E-state index in [1.165, 1.54) is 16.7 Å². The summed E-state index contributed by atoms with van der Waals surface area (Å²) in [5.74, 6) is 1.07. The number of hydrogen-bond donors (Lipinski definition) is 1. The number of rotatable bonds is 4. The zero-order chi connectivity index (χ0) is 17.6. The maximum Gasteiger partial charge on any atom is 0.225 e. The van der Waals surface area contributed by atoms with Gasteiger partial charge in [-0.15, -0.1) is 0 Å². The molecular formula is C21H30N2O2. The normalized spacial score (nSPS) is 29.7. The Kier molecular flexibility index (Phi) is 4.37. The van der Waals surface area contributed by atoms with Crippen molar-refractivity contribution in [3.63, 3.8) is 0 Å². The monoisotopic (exact) mass is 342 g/mol. The zero-order valence-corrected chi connectivity index (χ0v) is 15.5. The SMILES string of the molecule is Cc1ccc(CN2CC[C@H]3CN(C(=O)C4CC4)C[C@@]3(CO)C2)c(C)c1. The molecule has 1 N–H and O–H groups in total. The van der Waals surface area contributed by atoms with Crippen molar-refractivity contribution in [1.29, 1.82) is 0 Å². The van der Waals surface area contributed by atoms with E-state index < -0.39 is 0 Å². The fourth-order valence-corrected chi connectivity index (χ4v) is 4.86. The number of aliphatic hydroxyl groups is 1. The van der Waals surface area contributed by atoms with Gasteiger partial charge in [-0.2, -0.15) is 0 Å². The number of hydrogen-bond acceptors (Lipinski definition) is 3. The highest BCUT2D eigenvalue weighted by Crippen LogP contribution is 2.44. The average Bonchev–Trinajstić information content (AvgIpc) is 3.37. The third-order valence-electron chi connectivity index (χ3n) is 6.59. The summed E-state index contributed by atoms with van der Waals surface area (Å²) < 4.78 is 0. The van der Waals surface area contributed by atoms with Crippen LogP contribution in [0.25, 0.3) is 0 Å². The molecule has 0 bridgehead atoms. The molecule has 2 heterocycles. The minimum absolute atomic E-state index is 0.124. The first-order chi connectivity index (χ1) is 12.0. The maximum absolute atomic E-state index is 12.5. The molecule has 1 aromatic carbocycles. The predicted molar refractivity (Wildman–Crippen MR) is 98.1 cm³/mol. The van der Waals surface area contributed by atoms with Gasteiger partial charge in [-0.25, -0.2) is 0 Å². The standard InChI is InChI=1S/C21H30N2O2/c1-15-3-4-18(16(2)9-15)10-22-8-7-19-11-23(20(25)17-5-6-17)13-21(19,12-22)14-24/h3-4,9,17,19,24H,5-8,10-14H2,1-2H3/t19-,21+/m0/s1. The molecule has 0 spiro atoms. The highest BCUT2D eigenvalue weighted by Gasteiger charge is 2.51. The van der Waals surface area contributed by atoms with Gasteiger partial charge in [-0.1, -0.05) is 23.8 Å². The molecule has 0 radical (unpaired) electrons. The second-order valence-electron chi connectivity index (χ2n) is 8.64.